The summed E-state index contributed by atoms with van der Waals surface area (Å²) in [6, 6.07) is 9.41. The Morgan fingerprint density at radius 2 is 2.07 bits per heavy atom. The molecule has 0 saturated carbocycles. The first-order valence-electron chi connectivity index (χ1n) is 8.80. The van der Waals surface area contributed by atoms with E-state index < -0.39 is 0 Å². The smallest absolute Gasteiger partial charge is 0.164 e. The van der Waals surface area contributed by atoms with E-state index in [9.17, 15) is 10.4 Å². The van der Waals surface area contributed by atoms with Gasteiger partial charge in [0, 0.05) is 48.8 Å². The van der Waals surface area contributed by atoms with Gasteiger partial charge >= 0.3 is 0 Å². The Hall–Kier alpha value is -3.11. The number of aromatic nitrogens is 1. The van der Waals surface area contributed by atoms with Gasteiger partial charge < -0.3 is 14.7 Å². The van der Waals surface area contributed by atoms with Gasteiger partial charge in [-0.15, -0.1) is 0 Å². The molecular weight excluding hydrogens is 342 g/mol. The maximum absolute atomic E-state index is 10.3. The number of anilines is 2. The summed E-state index contributed by atoms with van der Waals surface area (Å²) in [6.45, 7) is 8.03. The number of phenolic OH excluding ortho intramolecular Hbond substituents is 1. The molecule has 0 amide bonds. The number of hydrogen-bond acceptors (Lipinski definition) is 7. The molecule has 0 aliphatic carbocycles. The molecule has 7 nitrogen and oxygen atoms in total. The second kappa shape index (κ2) is 9.55. The minimum absolute atomic E-state index is 0.141. The summed E-state index contributed by atoms with van der Waals surface area (Å²) in [5.74, 6) is 0.503. The van der Waals surface area contributed by atoms with Crippen LogP contribution in [-0.4, -0.2) is 36.5 Å². The summed E-state index contributed by atoms with van der Waals surface area (Å²) in [6.07, 6.45) is 1.50. The number of methoxy groups -OCH3 is 1. The van der Waals surface area contributed by atoms with E-state index in [1.54, 1.807) is 19.2 Å². The molecule has 1 heterocycles. The van der Waals surface area contributed by atoms with Crippen LogP contribution < -0.4 is 10.3 Å². The van der Waals surface area contributed by atoms with Crippen molar-refractivity contribution in [3.8, 4) is 11.8 Å². The Labute approximate surface area is 159 Å². The Balaban J connectivity index is 2.22. The first-order valence-corrected chi connectivity index (χ1v) is 8.80. The van der Waals surface area contributed by atoms with Gasteiger partial charge in [0.25, 0.3) is 0 Å². The van der Waals surface area contributed by atoms with Gasteiger partial charge in [-0.05, 0) is 39.0 Å². The number of rotatable bonds is 8. The van der Waals surface area contributed by atoms with Crippen molar-refractivity contribution in [1.29, 1.82) is 5.26 Å². The molecule has 0 spiro atoms. The summed E-state index contributed by atoms with van der Waals surface area (Å²) in [5.41, 5.74) is 6.22. The second-order valence-electron chi connectivity index (χ2n) is 5.98. The quantitative estimate of drug-likeness (QED) is 0.548. The highest BCUT2D eigenvalue weighted by atomic mass is 16.5. The second-order valence-corrected chi connectivity index (χ2v) is 5.98. The van der Waals surface area contributed by atoms with Crippen molar-refractivity contribution < 1.29 is 9.84 Å². The highest BCUT2D eigenvalue weighted by Gasteiger charge is 2.11. The van der Waals surface area contributed by atoms with Crippen molar-refractivity contribution in [3.63, 3.8) is 0 Å². The Morgan fingerprint density at radius 3 is 2.67 bits per heavy atom. The number of hydrazone groups is 1. The Bertz CT molecular complexity index is 854. The molecule has 142 valence electrons. The molecule has 2 rings (SSSR count). The number of phenols is 1. The minimum atomic E-state index is 0.141. The molecule has 0 bridgehead atoms. The zero-order chi connectivity index (χ0) is 19.8. The van der Waals surface area contributed by atoms with Crippen molar-refractivity contribution in [1.82, 2.24) is 4.98 Å². The van der Waals surface area contributed by atoms with Gasteiger partial charge in [-0.1, -0.05) is 0 Å². The average molecular weight is 367 g/mol. The summed E-state index contributed by atoms with van der Waals surface area (Å²) in [5, 5.41) is 23.8. The van der Waals surface area contributed by atoms with Crippen LogP contribution in [0.4, 0.5) is 11.5 Å². The number of nitrogens with one attached hydrogen (secondary N) is 1. The number of hydrogen-bond donors (Lipinski definition) is 2. The fraction of sp³-hybridized carbons (Fsp3) is 0.350. The van der Waals surface area contributed by atoms with E-state index in [4.69, 9.17) is 4.74 Å². The molecule has 7 heteroatoms. The van der Waals surface area contributed by atoms with Crippen LogP contribution in [0.15, 0.2) is 29.4 Å². The van der Waals surface area contributed by atoms with Crippen LogP contribution in [0.5, 0.6) is 5.75 Å². The molecular formula is C20H25N5O2. The summed E-state index contributed by atoms with van der Waals surface area (Å²) < 4.78 is 5.14. The van der Waals surface area contributed by atoms with Gasteiger partial charge in [0.1, 0.15) is 17.4 Å². The molecule has 0 aliphatic rings. The third-order valence-electron chi connectivity index (χ3n) is 4.16. The minimum Gasteiger partial charge on any atom is -0.507 e. The Morgan fingerprint density at radius 1 is 1.33 bits per heavy atom. The summed E-state index contributed by atoms with van der Waals surface area (Å²) in [4.78, 5) is 6.47. The lowest BCUT2D eigenvalue weighted by Gasteiger charge is -2.21. The highest BCUT2D eigenvalue weighted by Crippen LogP contribution is 2.24. The van der Waals surface area contributed by atoms with E-state index in [2.05, 4.69) is 40.3 Å². The van der Waals surface area contributed by atoms with E-state index in [0.29, 0.717) is 23.6 Å². The fourth-order valence-corrected chi connectivity index (χ4v) is 2.81. The molecule has 0 radical (unpaired) electrons. The fourth-order valence-electron chi connectivity index (χ4n) is 2.81. The lowest BCUT2D eigenvalue weighted by Crippen LogP contribution is -2.21. The van der Waals surface area contributed by atoms with Crippen molar-refractivity contribution in [2.45, 2.75) is 27.4 Å². The lowest BCUT2D eigenvalue weighted by atomic mass is 10.1. The summed E-state index contributed by atoms with van der Waals surface area (Å²) in [7, 11) is 1.58. The zero-order valence-corrected chi connectivity index (χ0v) is 16.2. The topological polar surface area (TPSA) is 93.8 Å². The number of nitrogens with zero attached hydrogens (tertiary/aromatic N) is 4. The van der Waals surface area contributed by atoms with Gasteiger partial charge in [-0.2, -0.15) is 10.4 Å². The number of benzene rings is 1. The predicted molar refractivity (Wildman–Crippen MR) is 107 cm³/mol. The first-order chi connectivity index (χ1) is 13.0. The van der Waals surface area contributed by atoms with E-state index in [1.807, 2.05) is 19.1 Å². The maximum atomic E-state index is 10.3. The van der Waals surface area contributed by atoms with Gasteiger partial charge in [0.15, 0.2) is 5.82 Å². The zero-order valence-electron chi connectivity index (χ0n) is 16.2. The van der Waals surface area contributed by atoms with Crippen LogP contribution in [0, 0.1) is 18.3 Å². The van der Waals surface area contributed by atoms with E-state index in [0.717, 1.165) is 30.0 Å². The third kappa shape index (κ3) is 4.96. The SMILES string of the molecule is CCN(CC)c1ccc(/C=N/Nc2nc(C)cc(COC)c2C#N)c(O)c1. The van der Waals surface area contributed by atoms with E-state index in [1.165, 1.54) is 6.21 Å². The van der Waals surface area contributed by atoms with Gasteiger partial charge in [0.2, 0.25) is 0 Å². The lowest BCUT2D eigenvalue weighted by molar-refractivity contribution is 0.184. The van der Waals surface area contributed by atoms with Crippen LogP contribution in [0.2, 0.25) is 0 Å². The molecule has 0 unspecified atom stereocenters. The van der Waals surface area contributed by atoms with Crippen LogP contribution in [0.3, 0.4) is 0 Å². The van der Waals surface area contributed by atoms with Crippen molar-refractivity contribution >= 4 is 17.7 Å². The van der Waals surface area contributed by atoms with Crippen LogP contribution in [0.1, 0.15) is 36.2 Å². The van der Waals surface area contributed by atoms with Gasteiger partial charge in [-0.3, -0.25) is 5.43 Å². The molecule has 2 aromatic rings. The number of ether oxygens (including phenoxy) is 1. The van der Waals surface area contributed by atoms with Crippen LogP contribution >= 0.6 is 0 Å². The number of aryl methyl sites for hydroxylation is 1. The largest absolute Gasteiger partial charge is 0.507 e. The molecule has 1 aromatic heterocycles. The summed E-state index contributed by atoms with van der Waals surface area (Å²) >= 11 is 0. The number of aromatic hydroxyl groups is 1. The monoisotopic (exact) mass is 367 g/mol. The van der Waals surface area contributed by atoms with Crippen LogP contribution in [-0.2, 0) is 11.3 Å². The average Bonchev–Trinajstić information content (AvgIpc) is 2.64. The van der Waals surface area contributed by atoms with E-state index >= 15 is 0 Å². The number of nitriles is 1. The number of pyridine rings is 1. The van der Waals surface area contributed by atoms with E-state index in [-0.39, 0.29) is 5.75 Å². The van der Waals surface area contributed by atoms with Crippen molar-refractivity contribution in [2.75, 3.05) is 30.5 Å². The maximum Gasteiger partial charge on any atom is 0.164 e. The molecule has 0 saturated heterocycles. The molecule has 0 atom stereocenters. The normalized spacial score (nSPS) is 10.8. The molecule has 27 heavy (non-hydrogen) atoms. The highest BCUT2D eigenvalue weighted by molar-refractivity contribution is 5.85. The molecule has 0 aliphatic heterocycles. The van der Waals surface area contributed by atoms with Gasteiger partial charge in [0.05, 0.1) is 12.8 Å². The molecule has 1 aromatic carbocycles. The van der Waals surface area contributed by atoms with Crippen molar-refractivity contribution in [2.24, 2.45) is 5.10 Å². The van der Waals surface area contributed by atoms with Crippen molar-refractivity contribution in [3.05, 3.63) is 46.6 Å². The standard InChI is InChI=1S/C20H25N5O2/c1-5-25(6-2)17-8-7-15(19(26)10-17)12-22-24-20-18(11-21)16(13-27-4)9-14(3)23-20/h7-10,12,26H,5-6,13H2,1-4H3,(H,23,24)/b22-12+. The third-order valence-corrected chi connectivity index (χ3v) is 4.16. The van der Waals surface area contributed by atoms with Crippen LogP contribution in [0.25, 0.3) is 0 Å². The molecule has 2 N–H and O–H groups in total. The predicted octanol–water partition coefficient (Wildman–Crippen LogP) is 3.41. The van der Waals surface area contributed by atoms with Gasteiger partial charge in [-0.25, -0.2) is 4.98 Å². The first kappa shape index (κ1) is 20.2. The Kier molecular flexibility index (Phi) is 7.15. The molecule has 0 fully saturated rings.